The van der Waals surface area contributed by atoms with Crippen LogP contribution in [0, 0.1) is 5.41 Å². The van der Waals surface area contributed by atoms with Gasteiger partial charge in [-0.1, -0.05) is 19.4 Å². The van der Waals surface area contributed by atoms with Gasteiger partial charge in [-0.25, -0.2) is 0 Å². The number of hydrogen-bond donors (Lipinski definition) is 2. The van der Waals surface area contributed by atoms with E-state index in [1.54, 1.807) is 0 Å². The van der Waals surface area contributed by atoms with E-state index in [-0.39, 0.29) is 6.79 Å². The lowest BCUT2D eigenvalue weighted by molar-refractivity contribution is 0.132. The Hall–Kier alpha value is -1.26. The highest BCUT2D eigenvalue weighted by molar-refractivity contribution is 5.45. The molecular formula is C15H21NO3. The molecule has 1 aliphatic carbocycles. The van der Waals surface area contributed by atoms with Gasteiger partial charge in [0.15, 0.2) is 11.5 Å². The van der Waals surface area contributed by atoms with Crippen molar-refractivity contribution in [1.82, 2.24) is 5.32 Å². The first-order valence-electron chi connectivity index (χ1n) is 6.95. The number of rotatable bonds is 5. The maximum absolute atomic E-state index is 10.2. The third-order valence-electron chi connectivity index (χ3n) is 4.23. The van der Waals surface area contributed by atoms with Gasteiger partial charge in [-0.15, -0.1) is 0 Å². The predicted octanol–water partition coefficient (Wildman–Crippen LogP) is 2.23. The zero-order chi connectivity index (χ0) is 13.3. The summed E-state index contributed by atoms with van der Waals surface area (Å²) in [5.41, 5.74) is 1.31. The quantitative estimate of drug-likeness (QED) is 0.855. The second-order valence-corrected chi connectivity index (χ2v) is 5.92. The van der Waals surface area contributed by atoms with Crippen LogP contribution in [0.25, 0.3) is 0 Å². The molecular weight excluding hydrogens is 242 g/mol. The van der Waals surface area contributed by atoms with Gasteiger partial charge in [-0.3, -0.25) is 0 Å². The smallest absolute Gasteiger partial charge is 0.231 e. The molecule has 1 aliphatic heterocycles. The van der Waals surface area contributed by atoms with E-state index in [0.29, 0.717) is 12.0 Å². The molecule has 0 spiro atoms. The molecule has 1 fully saturated rings. The molecule has 1 atom stereocenters. The summed E-state index contributed by atoms with van der Waals surface area (Å²) in [7, 11) is 0. The molecule has 1 unspecified atom stereocenters. The highest BCUT2D eigenvalue weighted by atomic mass is 16.7. The second-order valence-electron chi connectivity index (χ2n) is 5.92. The van der Waals surface area contributed by atoms with E-state index in [2.05, 4.69) is 12.2 Å². The van der Waals surface area contributed by atoms with Crippen molar-refractivity contribution >= 4 is 0 Å². The lowest BCUT2D eigenvalue weighted by atomic mass is 9.70. The standard InChI is InChI=1S/C15H21NO3/c1-15(5-2-6-15)9-16-8-12(17)11-3-4-13-14(7-11)19-10-18-13/h3-4,7,12,16-17H,2,5-6,8-10H2,1H3. The summed E-state index contributed by atoms with van der Waals surface area (Å²) in [5, 5.41) is 13.6. The summed E-state index contributed by atoms with van der Waals surface area (Å²) in [4.78, 5) is 0. The number of nitrogens with one attached hydrogen (secondary N) is 1. The third kappa shape index (κ3) is 2.69. The highest BCUT2D eigenvalue weighted by Crippen LogP contribution is 2.39. The topological polar surface area (TPSA) is 50.7 Å². The average Bonchev–Trinajstić information content (AvgIpc) is 2.83. The highest BCUT2D eigenvalue weighted by Gasteiger charge is 2.31. The van der Waals surface area contributed by atoms with Crippen LogP contribution >= 0.6 is 0 Å². The van der Waals surface area contributed by atoms with Crippen molar-refractivity contribution in [1.29, 1.82) is 0 Å². The maximum Gasteiger partial charge on any atom is 0.231 e. The zero-order valence-electron chi connectivity index (χ0n) is 11.3. The molecule has 1 heterocycles. The van der Waals surface area contributed by atoms with Gasteiger partial charge in [-0.05, 0) is 36.0 Å². The Morgan fingerprint density at radius 3 is 2.84 bits per heavy atom. The van der Waals surface area contributed by atoms with Gasteiger partial charge in [0.05, 0.1) is 6.10 Å². The number of ether oxygens (including phenoxy) is 2. The van der Waals surface area contributed by atoms with Crippen LogP contribution < -0.4 is 14.8 Å². The van der Waals surface area contributed by atoms with Crippen LogP contribution in [0.4, 0.5) is 0 Å². The number of hydrogen-bond acceptors (Lipinski definition) is 4. The van der Waals surface area contributed by atoms with E-state index >= 15 is 0 Å². The van der Waals surface area contributed by atoms with Crippen molar-refractivity contribution in [3.8, 4) is 11.5 Å². The van der Waals surface area contributed by atoms with E-state index < -0.39 is 6.10 Å². The molecule has 0 bridgehead atoms. The molecule has 2 N–H and O–H groups in total. The normalized spacial score (nSPS) is 20.9. The lowest BCUT2D eigenvalue weighted by Crippen LogP contribution is -2.38. The van der Waals surface area contributed by atoms with Crippen molar-refractivity contribution in [2.75, 3.05) is 19.9 Å². The molecule has 1 aromatic rings. The summed E-state index contributed by atoms with van der Waals surface area (Å²) >= 11 is 0. The maximum atomic E-state index is 10.2. The van der Waals surface area contributed by atoms with Crippen LogP contribution in [0.1, 0.15) is 37.9 Å². The fraction of sp³-hybridized carbons (Fsp3) is 0.600. The summed E-state index contributed by atoms with van der Waals surface area (Å²) in [6.07, 6.45) is 3.42. The number of aliphatic hydroxyl groups is 1. The molecule has 0 amide bonds. The number of fused-ring (bicyclic) bond motifs is 1. The van der Waals surface area contributed by atoms with E-state index in [1.807, 2.05) is 18.2 Å². The van der Waals surface area contributed by atoms with Crippen LogP contribution in [0.3, 0.4) is 0 Å². The Morgan fingerprint density at radius 2 is 2.11 bits per heavy atom. The van der Waals surface area contributed by atoms with Crippen molar-refractivity contribution < 1.29 is 14.6 Å². The van der Waals surface area contributed by atoms with Gasteiger partial charge < -0.3 is 19.9 Å². The Labute approximate surface area is 113 Å². The van der Waals surface area contributed by atoms with Crippen molar-refractivity contribution in [2.45, 2.75) is 32.3 Å². The summed E-state index contributed by atoms with van der Waals surface area (Å²) in [6, 6.07) is 5.61. The van der Waals surface area contributed by atoms with Crippen molar-refractivity contribution in [3.05, 3.63) is 23.8 Å². The number of aliphatic hydroxyl groups excluding tert-OH is 1. The summed E-state index contributed by atoms with van der Waals surface area (Å²) in [6.45, 7) is 4.13. The molecule has 0 radical (unpaired) electrons. The Balaban J connectivity index is 1.53. The largest absolute Gasteiger partial charge is 0.454 e. The van der Waals surface area contributed by atoms with Gasteiger partial charge in [0.25, 0.3) is 0 Å². The summed E-state index contributed by atoms with van der Waals surface area (Å²) in [5.74, 6) is 1.48. The van der Waals surface area contributed by atoms with E-state index in [0.717, 1.165) is 23.6 Å². The Kier molecular flexibility index (Phi) is 3.37. The minimum atomic E-state index is -0.502. The van der Waals surface area contributed by atoms with Crippen LogP contribution in [0.5, 0.6) is 11.5 Å². The van der Waals surface area contributed by atoms with Crippen molar-refractivity contribution in [2.24, 2.45) is 5.41 Å². The lowest BCUT2D eigenvalue weighted by Gasteiger charge is -2.38. The van der Waals surface area contributed by atoms with E-state index in [9.17, 15) is 5.11 Å². The molecule has 4 heteroatoms. The second kappa shape index (κ2) is 5.02. The fourth-order valence-electron chi connectivity index (χ4n) is 2.71. The van der Waals surface area contributed by atoms with Gasteiger partial charge in [0.2, 0.25) is 6.79 Å². The first kappa shape index (κ1) is 12.8. The van der Waals surface area contributed by atoms with Gasteiger partial charge in [0, 0.05) is 13.1 Å². The fourth-order valence-corrected chi connectivity index (χ4v) is 2.71. The van der Waals surface area contributed by atoms with Crippen LogP contribution in [-0.2, 0) is 0 Å². The molecule has 1 aromatic carbocycles. The third-order valence-corrected chi connectivity index (χ3v) is 4.23. The molecule has 0 saturated heterocycles. The van der Waals surface area contributed by atoms with Gasteiger partial charge in [-0.2, -0.15) is 0 Å². The minimum absolute atomic E-state index is 0.269. The van der Waals surface area contributed by atoms with Crippen LogP contribution in [0.2, 0.25) is 0 Å². The van der Waals surface area contributed by atoms with Crippen molar-refractivity contribution in [3.63, 3.8) is 0 Å². The molecule has 4 nitrogen and oxygen atoms in total. The Bertz CT molecular complexity index is 457. The summed E-state index contributed by atoms with van der Waals surface area (Å²) < 4.78 is 10.6. The molecule has 2 aliphatic rings. The first-order valence-corrected chi connectivity index (χ1v) is 6.95. The predicted molar refractivity (Wildman–Crippen MR) is 72.4 cm³/mol. The van der Waals surface area contributed by atoms with E-state index in [1.165, 1.54) is 19.3 Å². The van der Waals surface area contributed by atoms with Gasteiger partial charge >= 0.3 is 0 Å². The minimum Gasteiger partial charge on any atom is -0.454 e. The molecule has 0 aromatic heterocycles. The first-order chi connectivity index (χ1) is 9.16. The average molecular weight is 263 g/mol. The molecule has 3 rings (SSSR count). The number of benzene rings is 1. The van der Waals surface area contributed by atoms with Gasteiger partial charge in [0.1, 0.15) is 0 Å². The van der Waals surface area contributed by atoms with Crippen LogP contribution in [-0.4, -0.2) is 25.0 Å². The molecule has 104 valence electrons. The molecule has 19 heavy (non-hydrogen) atoms. The van der Waals surface area contributed by atoms with Crippen LogP contribution in [0.15, 0.2) is 18.2 Å². The monoisotopic (exact) mass is 263 g/mol. The van der Waals surface area contributed by atoms with E-state index in [4.69, 9.17) is 9.47 Å². The molecule has 1 saturated carbocycles. The zero-order valence-corrected chi connectivity index (χ0v) is 11.3. The Morgan fingerprint density at radius 1 is 1.32 bits per heavy atom. The SMILES string of the molecule is CC1(CNCC(O)c2ccc3c(c2)OCO3)CCC1.